The van der Waals surface area contributed by atoms with E-state index in [0.717, 1.165) is 19.5 Å². The van der Waals surface area contributed by atoms with E-state index in [0.29, 0.717) is 0 Å². The van der Waals surface area contributed by atoms with Crippen molar-refractivity contribution in [3.8, 4) is 0 Å². The lowest BCUT2D eigenvalue weighted by atomic mass is 9.85. The first-order valence-corrected chi connectivity index (χ1v) is 6.80. The first kappa shape index (κ1) is 15.0. The van der Waals surface area contributed by atoms with E-state index in [-0.39, 0.29) is 10.8 Å². The number of anilines is 1. The van der Waals surface area contributed by atoms with Crippen LogP contribution in [0, 0.1) is 5.41 Å². The predicted molar refractivity (Wildman–Crippen MR) is 81.1 cm³/mol. The maximum Gasteiger partial charge on any atom is 0.0378 e. The van der Waals surface area contributed by atoms with Gasteiger partial charge in [0, 0.05) is 12.2 Å². The standard InChI is InChI=1S/C16H28N2/c1-15(2,3)13-8-6-7-9-14(13)18-12-16(4,5)10-11-17/h6-9,18H,10-12,17H2,1-5H3. The molecule has 2 nitrogen and oxygen atoms in total. The van der Waals surface area contributed by atoms with E-state index in [1.165, 1.54) is 11.3 Å². The second-order valence-corrected chi connectivity index (χ2v) is 6.85. The highest BCUT2D eigenvalue weighted by Crippen LogP contribution is 2.30. The topological polar surface area (TPSA) is 38.0 Å². The van der Waals surface area contributed by atoms with Crippen LogP contribution < -0.4 is 11.1 Å². The Hall–Kier alpha value is -1.02. The summed E-state index contributed by atoms with van der Waals surface area (Å²) in [4.78, 5) is 0. The zero-order chi connectivity index (χ0) is 13.8. The van der Waals surface area contributed by atoms with Crippen LogP contribution in [-0.2, 0) is 5.41 Å². The van der Waals surface area contributed by atoms with Gasteiger partial charge in [0.05, 0.1) is 0 Å². The molecule has 2 heteroatoms. The lowest BCUT2D eigenvalue weighted by Gasteiger charge is -2.28. The Kier molecular flexibility index (Phi) is 4.80. The normalized spacial score (nSPS) is 12.6. The van der Waals surface area contributed by atoms with Gasteiger partial charge in [0.25, 0.3) is 0 Å². The fourth-order valence-electron chi connectivity index (χ4n) is 2.10. The maximum absolute atomic E-state index is 5.65. The molecule has 0 saturated carbocycles. The predicted octanol–water partition coefficient (Wildman–Crippen LogP) is 3.77. The van der Waals surface area contributed by atoms with Gasteiger partial charge >= 0.3 is 0 Å². The molecule has 0 spiro atoms. The molecular formula is C16H28N2. The van der Waals surface area contributed by atoms with E-state index in [2.05, 4.69) is 64.2 Å². The molecule has 0 fully saturated rings. The average Bonchev–Trinajstić information content (AvgIpc) is 2.26. The van der Waals surface area contributed by atoms with Gasteiger partial charge in [-0.25, -0.2) is 0 Å². The molecule has 1 rings (SSSR count). The summed E-state index contributed by atoms with van der Waals surface area (Å²) < 4.78 is 0. The van der Waals surface area contributed by atoms with Crippen LogP contribution in [0.2, 0.25) is 0 Å². The minimum absolute atomic E-state index is 0.168. The van der Waals surface area contributed by atoms with Crippen molar-refractivity contribution in [3.63, 3.8) is 0 Å². The van der Waals surface area contributed by atoms with Crippen LogP contribution in [0.1, 0.15) is 46.6 Å². The summed E-state index contributed by atoms with van der Waals surface area (Å²) in [6.45, 7) is 13.0. The molecule has 102 valence electrons. The quantitative estimate of drug-likeness (QED) is 0.832. The third kappa shape index (κ3) is 4.34. The summed E-state index contributed by atoms with van der Waals surface area (Å²) in [6, 6.07) is 8.57. The van der Waals surface area contributed by atoms with Crippen LogP contribution in [0.5, 0.6) is 0 Å². The van der Waals surface area contributed by atoms with Gasteiger partial charge in [-0.05, 0) is 35.4 Å². The van der Waals surface area contributed by atoms with Crippen LogP contribution in [0.3, 0.4) is 0 Å². The Morgan fingerprint density at radius 2 is 1.67 bits per heavy atom. The van der Waals surface area contributed by atoms with Crippen LogP contribution in [0.25, 0.3) is 0 Å². The van der Waals surface area contributed by atoms with Gasteiger partial charge in [-0.2, -0.15) is 0 Å². The molecule has 1 aromatic carbocycles. The van der Waals surface area contributed by atoms with Crippen LogP contribution >= 0.6 is 0 Å². The van der Waals surface area contributed by atoms with Gasteiger partial charge in [0.2, 0.25) is 0 Å². The van der Waals surface area contributed by atoms with E-state index in [9.17, 15) is 0 Å². The third-order valence-corrected chi connectivity index (χ3v) is 3.31. The van der Waals surface area contributed by atoms with E-state index < -0.39 is 0 Å². The molecule has 0 aliphatic carbocycles. The highest BCUT2D eigenvalue weighted by atomic mass is 14.9. The summed E-state index contributed by atoms with van der Waals surface area (Å²) in [5, 5.41) is 3.59. The van der Waals surface area contributed by atoms with Gasteiger partial charge in [0.1, 0.15) is 0 Å². The first-order chi connectivity index (χ1) is 8.26. The van der Waals surface area contributed by atoms with Gasteiger partial charge < -0.3 is 11.1 Å². The van der Waals surface area contributed by atoms with Crippen LogP contribution in [0.4, 0.5) is 5.69 Å². The first-order valence-electron chi connectivity index (χ1n) is 6.80. The molecule has 0 bridgehead atoms. The average molecular weight is 248 g/mol. The van der Waals surface area contributed by atoms with Crippen molar-refractivity contribution in [2.45, 2.75) is 46.5 Å². The smallest absolute Gasteiger partial charge is 0.0378 e. The Labute approximate surface area is 112 Å². The number of hydrogen-bond acceptors (Lipinski definition) is 2. The summed E-state index contributed by atoms with van der Waals surface area (Å²) in [5.41, 5.74) is 8.67. The fourth-order valence-corrected chi connectivity index (χ4v) is 2.10. The summed E-state index contributed by atoms with van der Waals surface area (Å²) in [5.74, 6) is 0. The molecule has 0 aliphatic heterocycles. The molecule has 0 aromatic heterocycles. The zero-order valence-corrected chi connectivity index (χ0v) is 12.5. The molecule has 0 aliphatic rings. The molecule has 0 amide bonds. The van der Waals surface area contributed by atoms with Gasteiger partial charge in [0.15, 0.2) is 0 Å². The van der Waals surface area contributed by atoms with Crippen molar-refractivity contribution in [2.75, 3.05) is 18.4 Å². The van der Waals surface area contributed by atoms with Gasteiger partial charge in [-0.15, -0.1) is 0 Å². The number of para-hydroxylation sites is 1. The molecule has 18 heavy (non-hydrogen) atoms. The van der Waals surface area contributed by atoms with Crippen LogP contribution in [0.15, 0.2) is 24.3 Å². The van der Waals surface area contributed by atoms with E-state index in [1.54, 1.807) is 0 Å². The summed E-state index contributed by atoms with van der Waals surface area (Å²) in [6.07, 6.45) is 1.04. The maximum atomic E-state index is 5.65. The largest absolute Gasteiger partial charge is 0.384 e. The van der Waals surface area contributed by atoms with Crippen molar-refractivity contribution >= 4 is 5.69 Å². The van der Waals surface area contributed by atoms with E-state index in [1.807, 2.05) is 0 Å². The van der Waals surface area contributed by atoms with Crippen LogP contribution in [-0.4, -0.2) is 13.1 Å². The molecule has 0 unspecified atom stereocenters. The van der Waals surface area contributed by atoms with Crippen molar-refractivity contribution < 1.29 is 0 Å². The number of hydrogen-bond donors (Lipinski definition) is 2. The Morgan fingerprint density at radius 3 is 2.22 bits per heavy atom. The van der Waals surface area contributed by atoms with Gasteiger partial charge in [-0.1, -0.05) is 52.8 Å². The lowest BCUT2D eigenvalue weighted by molar-refractivity contribution is 0.365. The van der Waals surface area contributed by atoms with Crippen molar-refractivity contribution in [1.82, 2.24) is 0 Å². The Morgan fingerprint density at radius 1 is 1.06 bits per heavy atom. The molecule has 0 atom stereocenters. The summed E-state index contributed by atoms with van der Waals surface area (Å²) >= 11 is 0. The zero-order valence-electron chi connectivity index (χ0n) is 12.5. The molecule has 0 saturated heterocycles. The molecule has 0 radical (unpaired) electrons. The molecular weight excluding hydrogens is 220 g/mol. The number of benzene rings is 1. The highest BCUT2D eigenvalue weighted by molar-refractivity contribution is 5.54. The van der Waals surface area contributed by atoms with Crippen molar-refractivity contribution in [2.24, 2.45) is 11.1 Å². The minimum Gasteiger partial charge on any atom is -0.384 e. The monoisotopic (exact) mass is 248 g/mol. The fraction of sp³-hybridized carbons (Fsp3) is 0.625. The second kappa shape index (κ2) is 5.75. The van der Waals surface area contributed by atoms with E-state index >= 15 is 0 Å². The van der Waals surface area contributed by atoms with Crippen molar-refractivity contribution in [1.29, 1.82) is 0 Å². The minimum atomic E-state index is 0.168. The SMILES string of the molecule is CC(C)(CCN)CNc1ccccc1C(C)(C)C. The molecule has 0 heterocycles. The number of rotatable bonds is 5. The van der Waals surface area contributed by atoms with E-state index in [4.69, 9.17) is 5.73 Å². The highest BCUT2D eigenvalue weighted by Gasteiger charge is 2.20. The second-order valence-electron chi connectivity index (χ2n) is 6.85. The molecule has 3 N–H and O–H groups in total. The Balaban J connectivity index is 2.80. The third-order valence-electron chi connectivity index (χ3n) is 3.31. The number of nitrogens with two attached hydrogens (primary N) is 1. The number of nitrogens with one attached hydrogen (secondary N) is 1. The van der Waals surface area contributed by atoms with Crippen molar-refractivity contribution in [3.05, 3.63) is 29.8 Å². The summed E-state index contributed by atoms with van der Waals surface area (Å²) in [7, 11) is 0. The lowest BCUT2D eigenvalue weighted by Crippen LogP contribution is -2.27. The molecule has 1 aromatic rings. The Bertz CT molecular complexity index is 375. The van der Waals surface area contributed by atoms with Gasteiger partial charge in [-0.3, -0.25) is 0 Å².